The minimum absolute atomic E-state index is 0.0995. The SMILES string of the molecule is Clc1ccc(Br)cc1C(NC1CC1)c1nccs1. The zero-order valence-electron chi connectivity index (χ0n) is 9.57. The molecule has 0 aliphatic heterocycles. The largest absolute Gasteiger partial charge is 0.301 e. The van der Waals surface area contributed by atoms with Gasteiger partial charge in [-0.3, -0.25) is 0 Å². The molecule has 1 N–H and O–H groups in total. The van der Waals surface area contributed by atoms with Crippen molar-refractivity contribution in [1.29, 1.82) is 0 Å². The van der Waals surface area contributed by atoms with Crippen LogP contribution < -0.4 is 5.32 Å². The van der Waals surface area contributed by atoms with Gasteiger partial charge < -0.3 is 5.32 Å². The zero-order chi connectivity index (χ0) is 12.5. The van der Waals surface area contributed by atoms with E-state index in [2.05, 4.69) is 32.3 Å². The highest BCUT2D eigenvalue weighted by Gasteiger charge is 2.28. The third-order valence-corrected chi connectivity index (χ3v) is 4.63. The Morgan fingerprint density at radius 2 is 2.28 bits per heavy atom. The van der Waals surface area contributed by atoms with Gasteiger partial charge in [-0.25, -0.2) is 4.98 Å². The Balaban J connectivity index is 1.98. The summed E-state index contributed by atoms with van der Waals surface area (Å²) in [7, 11) is 0. The molecule has 1 fully saturated rings. The molecule has 0 saturated heterocycles. The van der Waals surface area contributed by atoms with Crippen molar-refractivity contribution in [3.05, 3.63) is 49.8 Å². The molecule has 3 rings (SSSR count). The predicted octanol–water partition coefficient (Wildman–Crippen LogP) is 4.40. The molecular weight excluding hydrogens is 332 g/mol. The monoisotopic (exact) mass is 342 g/mol. The first-order valence-electron chi connectivity index (χ1n) is 5.84. The van der Waals surface area contributed by atoms with Gasteiger partial charge in [0.15, 0.2) is 0 Å². The molecule has 0 bridgehead atoms. The van der Waals surface area contributed by atoms with Crippen molar-refractivity contribution < 1.29 is 0 Å². The van der Waals surface area contributed by atoms with Crippen LogP contribution in [0.15, 0.2) is 34.2 Å². The molecule has 1 saturated carbocycles. The van der Waals surface area contributed by atoms with Gasteiger partial charge in [0.2, 0.25) is 0 Å². The average Bonchev–Trinajstić information content (AvgIpc) is 3.01. The summed E-state index contributed by atoms with van der Waals surface area (Å²) in [4.78, 5) is 4.43. The molecule has 5 heteroatoms. The number of hydrogen-bond acceptors (Lipinski definition) is 3. The molecule has 1 aromatic carbocycles. The summed E-state index contributed by atoms with van der Waals surface area (Å²) < 4.78 is 1.04. The number of rotatable bonds is 4. The third kappa shape index (κ3) is 2.77. The molecule has 1 heterocycles. The quantitative estimate of drug-likeness (QED) is 0.890. The molecule has 94 valence electrons. The van der Waals surface area contributed by atoms with Gasteiger partial charge in [-0.2, -0.15) is 0 Å². The predicted molar refractivity (Wildman–Crippen MR) is 79.3 cm³/mol. The van der Waals surface area contributed by atoms with Gasteiger partial charge in [-0.1, -0.05) is 27.5 Å². The van der Waals surface area contributed by atoms with Gasteiger partial charge in [0, 0.05) is 27.1 Å². The molecule has 18 heavy (non-hydrogen) atoms. The lowest BCUT2D eigenvalue weighted by Crippen LogP contribution is -2.24. The van der Waals surface area contributed by atoms with Crippen molar-refractivity contribution >= 4 is 38.9 Å². The summed E-state index contributed by atoms with van der Waals surface area (Å²) >= 11 is 11.5. The smallest absolute Gasteiger partial charge is 0.114 e. The van der Waals surface area contributed by atoms with Crippen LogP contribution in [0.25, 0.3) is 0 Å². The summed E-state index contributed by atoms with van der Waals surface area (Å²) in [5.41, 5.74) is 1.09. The van der Waals surface area contributed by atoms with Crippen LogP contribution in [0.5, 0.6) is 0 Å². The minimum atomic E-state index is 0.0995. The molecule has 1 aliphatic rings. The van der Waals surface area contributed by atoms with Gasteiger partial charge in [-0.15, -0.1) is 11.3 Å². The highest BCUT2D eigenvalue weighted by atomic mass is 79.9. The van der Waals surface area contributed by atoms with E-state index in [0.29, 0.717) is 6.04 Å². The Morgan fingerprint density at radius 1 is 1.44 bits per heavy atom. The van der Waals surface area contributed by atoms with Crippen LogP contribution in [-0.4, -0.2) is 11.0 Å². The zero-order valence-corrected chi connectivity index (χ0v) is 12.7. The first kappa shape index (κ1) is 12.6. The van der Waals surface area contributed by atoms with E-state index < -0.39 is 0 Å². The maximum absolute atomic E-state index is 6.33. The van der Waals surface area contributed by atoms with E-state index >= 15 is 0 Å². The number of thiazole rings is 1. The maximum atomic E-state index is 6.33. The van der Waals surface area contributed by atoms with Gasteiger partial charge in [0.1, 0.15) is 5.01 Å². The first-order chi connectivity index (χ1) is 8.74. The van der Waals surface area contributed by atoms with Crippen molar-refractivity contribution in [2.24, 2.45) is 0 Å². The number of hydrogen-bond donors (Lipinski definition) is 1. The van der Waals surface area contributed by atoms with Crippen LogP contribution in [0, 0.1) is 0 Å². The second-order valence-electron chi connectivity index (χ2n) is 4.41. The highest BCUT2D eigenvalue weighted by molar-refractivity contribution is 9.10. The van der Waals surface area contributed by atoms with Gasteiger partial charge in [0.05, 0.1) is 6.04 Å². The first-order valence-corrected chi connectivity index (χ1v) is 7.89. The molecule has 1 atom stereocenters. The van der Waals surface area contributed by atoms with Crippen molar-refractivity contribution in [2.45, 2.75) is 24.9 Å². The van der Waals surface area contributed by atoms with E-state index in [1.165, 1.54) is 12.8 Å². The van der Waals surface area contributed by atoms with E-state index in [1.54, 1.807) is 11.3 Å². The molecule has 1 aromatic heterocycles. The number of nitrogens with one attached hydrogen (secondary N) is 1. The summed E-state index contributed by atoms with van der Waals surface area (Å²) in [6.45, 7) is 0. The highest BCUT2D eigenvalue weighted by Crippen LogP contribution is 2.34. The van der Waals surface area contributed by atoms with Crippen molar-refractivity contribution in [3.8, 4) is 0 Å². The number of nitrogens with zero attached hydrogens (tertiary/aromatic N) is 1. The van der Waals surface area contributed by atoms with E-state index in [9.17, 15) is 0 Å². The Hall–Kier alpha value is -0.420. The lowest BCUT2D eigenvalue weighted by molar-refractivity contribution is 0.598. The van der Waals surface area contributed by atoms with Crippen LogP contribution in [0.3, 0.4) is 0 Å². The fourth-order valence-corrected chi connectivity index (χ4v) is 3.21. The van der Waals surface area contributed by atoms with Crippen molar-refractivity contribution in [3.63, 3.8) is 0 Å². The Morgan fingerprint density at radius 3 is 2.94 bits per heavy atom. The molecule has 0 spiro atoms. The number of benzene rings is 1. The van der Waals surface area contributed by atoms with Crippen molar-refractivity contribution in [1.82, 2.24) is 10.3 Å². The van der Waals surface area contributed by atoms with E-state index in [1.807, 2.05) is 23.7 Å². The standard InChI is InChI=1S/C13H12BrClN2S/c14-8-1-4-11(15)10(7-8)12(17-9-2-3-9)13-16-5-6-18-13/h1,4-7,9,12,17H,2-3H2. The molecule has 1 unspecified atom stereocenters. The van der Waals surface area contributed by atoms with Crippen LogP contribution in [0.1, 0.15) is 29.5 Å². The molecule has 0 radical (unpaired) electrons. The summed E-state index contributed by atoms with van der Waals surface area (Å²) in [6, 6.07) is 6.67. The fraction of sp³-hybridized carbons (Fsp3) is 0.308. The second kappa shape index (κ2) is 5.29. The molecule has 0 amide bonds. The number of halogens is 2. The van der Waals surface area contributed by atoms with Crippen LogP contribution in [-0.2, 0) is 0 Å². The molecule has 2 aromatic rings. The van der Waals surface area contributed by atoms with E-state index in [4.69, 9.17) is 11.6 Å². The summed E-state index contributed by atoms with van der Waals surface area (Å²) in [6.07, 6.45) is 4.33. The Bertz CT molecular complexity index is 540. The normalized spacial score (nSPS) is 16.8. The molecule has 2 nitrogen and oxygen atoms in total. The van der Waals surface area contributed by atoms with Gasteiger partial charge >= 0.3 is 0 Å². The van der Waals surface area contributed by atoms with E-state index in [0.717, 1.165) is 20.1 Å². The summed E-state index contributed by atoms with van der Waals surface area (Å²) in [5.74, 6) is 0. The Kier molecular flexibility index (Phi) is 3.71. The lowest BCUT2D eigenvalue weighted by atomic mass is 10.1. The summed E-state index contributed by atoms with van der Waals surface area (Å²) in [5, 5.41) is 7.48. The minimum Gasteiger partial charge on any atom is -0.301 e. The van der Waals surface area contributed by atoms with Crippen molar-refractivity contribution in [2.75, 3.05) is 0 Å². The lowest BCUT2D eigenvalue weighted by Gasteiger charge is -2.18. The van der Waals surface area contributed by atoms with Gasteiger partial charge in [-0.05, 0) is 36.6 Å². The van der Waals surface area contributed by atoms with E-state index in [-0.39, 0.29) is 6.04 Å². The van der Waals surface area contributed by atoms with Crippen LogP contribution in [0.4, 0.5) is 0 Å². The maximum Gasteiger partial charge on any atom is 0.114 e. The van der Waals surface area contributed by atoms with Gasteiger partial charge in [0.25, 0.3) is 0 Å². The van der Waals surface area contributed by atoms with Crippen LogP contribution in [0.2, 0.25) is 5.02 Å². The second-order valence-corrected chi connectivity index (χ2v) is 6.66. The Labute approximate surface area is 124 Å². The van der Waals surface area contributed by atoms with Crippen LogP contribution >= 0.6 is 38.9 Å². The molecular formula is C13H12BrClN2S. The fourth-order valence-electron chi connectivity index (χ4n) is 1.89. The topological polar surface area (TPSA) is 24.9 Å². The number of aromatic nitrogens is 1. The third-order valence-electron chi connectivity index (χ3n) is 2.95. The average molecular weight is 344 g/mol. The molecule has 1 aliphatic carbocycles.